The Bertz CT molecular complexity index is 1450. The molecule has 0 aromatic carbocycles. The first-order chi connectivity index (χ1) is 16.8. The third-order valence-corrected chi connectivity index (χ3v) is 6.07. The molecule has 0 bridgehead atoms. The minimum Gasteiger partial charge on any atom is -0.339 e. The first-order valence-electron chi connectivity index (χ1n) is 11.2. The van der Waals surface area contributed by atoms with Crippen LogP contribution in [0.4, 0.5) is 0 Å². The fourth-order valence-corrected chi connectivity index (χ4v) is 4.49. The highest BCUT2D eigenvalue weighted by Gasteiger charge is 2.34. The first-order valence-corrected chi connectivity index (χ1v) is 11.2. The van der Waals surface area contributed by atoms with Crippen LogP contribution in [0.15, 0.2) is 77.7 Å². The summed E-state index contributed by atoms with van der Waals surface area (Å²) in [6, 6.07) is 16.8. The molecule has 0 aliphatic carbocycles. The number of rotatable bonds is 5. The maximum atomic E-state index is 13.9. The van der Waals surface area contributed by atoms with Crippen LogP contribution in [0.25, 0.3) is 28.4 Å². The van der Waals surface area contributed by atoms with Crippen LogP contribution in [-0.2, 0) is 6.42 Å². The van der Waals surface area contributed by atoms with Crippen molar-refractivity contribution in [3.05, 3.63) is 84.6 Å². The molecule has 1 saturated heterocycles. The second kappa shape index (κ2) is 8.51. The number of pyridine rings is 3. The van der Waals surface area contributed by atoms with E-state index in [1.54, 1.807) is 16.9 Å². The average Bonchev–Trinajstić information content (AvgIpc) is 3.64. The SMILES string of the molecule is O=C(c1c(-c2ccccn2)nn2ccccc12)N1CCC[C@H]1Cc1nc(-c2ccccn2)no1. The average molecular weight is 451 g/mol. The zero-order valence-electron chi connectivity index (χ0n) is 18.3. The number of carbonyl (C=O) groups excluding carboxylic acids is 1. The predicted octanol–water partition coefficient (Wildman–Crippen LogP) is 3.69. The number of aromatic nitrogens is 6. The lowest BCUT2D eigenvalue weighted by atomic mass is 10.1. The van der Waals surface area contributed by atoms with Gasteiger partial charge in [-0.1, -0.05) is 23.4 Å². The lowest BCUT2D eigenvalue weighted by Crippen LogP contribution is -2.37. The maximum Gasteiger partial charge on any atom is 0.258 e. The van der Waals surface area contributed by atoms with Gasteiger partial charge in [-0.2, -0.15) is 10.1 Å². The molecule has 1 amide bonds. The largest absolute Gasteiger partial charge is 0.339 e. The van der Waals surface area contributed by atoms with E-state index in [0.717, 1.165) is 18.4 Å². The van der Waals surface area contributed by atoms with E-state index in [4.69, 9.17) is 4.52 Å². The molecule has 5 aromatic rings. The molecule has 1 aliphatic heterocycles. The van der Waals surface area contributed by atoms with Crippen LogP contribution in [-0.4, -0.2) is 53.1 Å². The number of amides is 1. The van der Waals surface area contributed by atoms with Crippen molar-refractivity contribution in [1.29, 1.82) is 0 Å². The van der Waals surface area contributed by atoms with Crippen molar-refractivity contribution in [2.75, 3.05) is 6.54 Å². The fraction of sp³-hybridized carbons (Fsp3) is 0.200. The molecule has 0 unspecified atom stereocenters. The number of hydrogen-bond donors (Lipinski definition) is 0. The summed E-state index contributed by atoms with van der Waals surface area (Å²) in [6.07, 6.45) is 7.52. The van der Waals surface area contributed by atoms with E-state index in [9.17, 15) is 4.79 Å². The van der Waals surface area contributed by atoms with Gasteiger partial charge in [0.25, 0.3) is 5.91 Å². The van der Waals surface area contributed by atoms with Crippen molar-refractivity contribution in [3.8, 4) is 22.9 Å². The normalized spacial score (nSPS) is 15.8. The molecule has 6 heterocycles. The summed E-state index contributed by atoms with van der Waals surface area (Å²) in [6.45, 7) is 0.663. The van der Waals surface area contributed by atoms with E-state index in [-0.39, 0.29) is 11.9 Å². The third kappa shape index (κ3) is 3.61. The summed E-state index contributed by atoms with van der Waals surface area (Å²) in [5.41, 5.74) is 3.23. The monoisotopic (exact) mass is 451 g/mol. The highest BCUT2D eigenvalue weighted by molar-refractivity contribution is 6.06. The van der Waals surface area contributed by atoms with Crippen molar-refractivity contribution in [2.45, 2.75) is 25.3 Å². The highest BCUT2D eigenvalue weighted by Crippen LogP contribution is 2.30. The molecule has 9 nitrogen and oxygen atoms in total. The Balaban J connectivity index is 1.32. The zero-order valence-corrected chi connectivity index (χ0v) is 18.3. The van der Waals surface area contributed by atoms with Crippen LogP contribution in [0.2, 0.25) is 0 Å². The van der Waals surface area contributed by atoms with E-state index in [2.05, 4.69) is 25.2 Å². The lowest BCUT2D eigenvalue weighted by Gasteiger charge is -2.23. The molecule has 0 spiro atoms. The maximum absolute atomic E-state index is 13.9. The van der Waals surface area contributed by atoms with E-state index >= 15 is 0 Å². The molecule has 168 valence electrons. The van der Waals surface area contributed by atoms with Crippen molar-refractivity contribution in [2.24, 2.45) is 0 Å². The quantitative estimate of drug-likeness (QED) is 0.402. The van der Waals surface area contributed by atoms with Gasteiger partial charge in [0.05, 0.1) is 16.8 Å². The summed E-state index contributed by atoms with van der Waals surface area (Å²) >= 11 is 0. The Morgan fingerprint density at radius 1 is 1.00 bits per heavy atom. The third-order valence-electron chi connectivity index (χ3n) is 6.07. The Labute approximate surface area is 195 Å². The molecular weight excluding hydrogens is 430 g/mol. The Hall–Kier alpha value is -4.40. The van der Waals surface area contributed by atoms with Crippen molar-refractivity contribution in [3.63, 3.8) is 0 Å². The zero-order chi connectivity index (χ0) is 22.9. The van der Waals surface area contributed by atoms with Gasteiger partial charge >= 0.3 is 0 Å². The summed E-state index contributed by atoms with van der Waals surface area (Å²) in [5.74, 6) is 0.885. The van der Waals surface area contributed by atoms with E-state index < -0.39 is 0 Å². The topological polar surface area (TPSA) is 102 Å². The van der Waals surface area contributed by atoms with Gasteiger partial charge in [-0.05, 0) is 49.2 Å². The molecule has 0 saturated carbocycles. The summed E-state index contributed by atoms with van der Waals surface area (Å²) in [5, 5.41) is 8.75. The van der Waals surface area contributed by atoms with Gasteiger partial charge in [0, 0.05) is 37.6 Å². The first kappa shape index (κ1) is 20.2. The van der Waals surface area contributed by atoms with Crippen molar-refractivity contribution in [1.82, 2.24) is 34.6 Å². The number of likely N-dealkylation sites (tertiary alicyclic amines) is 1. The molecule has 6 rings (SSSR count). The minimum atomic E-state index is -0.0613. The van der Waals surface area contributed by atoms with Crippen molar-refractivity contribution >= 4 is 11.4 Å². The lowest BCUT2D eigenvalue weighted by molar-refractivity contribution is 0.0734. The highest BCUT2D eigenvalue weighted by atomic mass is 16.5. The van der Waals surface area contributed by atoms with Crippen molar-refractivity contribution < 1.29 is 9.32 Å². The molecule has 1 atom stereocenters. The number of hydrogen-bond acceptors (Lipinski definition) is 7. The summed E-state index contributed by atoms with van der Waals surface area (Å²) in [4.78, 5) is 29.0. The molecule has 9 heteroatoms. The minimum absolute atomic E-state index is 0.0419. The standard InChI is InChI=1S/C25H21N7O2/c33-25(22-20-11-3-6-15-32(20)29-23(22)18-9-1-4-12-26-18)31-14-7-8-17(31)16-21-28-24(30-34-21)19-10-2-5-13-27-19/h1-6,9-13,15,17H,7-8,14,16H2/t17-/m0/s1. The molecule has 0 radical (unpaired) electrons. The summed E-state index contributed by atoms with van der Waals surface area (Å²) in [7, 11) is 0. The van der Waals surface area contributed by atoms with Crippen LogP contribution in [0.1, 0.15) is 29.1 Å². The second-order valence-corrected chi connectivity index (χ2v) is 8.19. The van der Waals surface area contributed by atoms with Gasteiger partial charge in [-0.3, -0.25) is 14.8 Å². The van der Waals surface area contributed by atoms with E-state index in [1.807, 2.05) is 65.7 Å². The number of nitrogens with zero attached hydrogens (tertiary/aromatic N) is 7. The van der Waals surface area contributed by atoms with Crippen LogP contribution in [0.3, 0.4) is 0 Å². The molecule has 0 N–H and O–H groups in total. The van der Waals surface area contributed by atoms with E-state index in [1.165, 1.54) is 0 Å². The Morgan fingerprint density at radius 2 is 1.79 bits per heavy atom. The van der Waals surface area contributed by atoms with Crippen LogP contribution in [0, 0.1) is 0 Å². The Kier molecular flexibility index (Phi) is 5.06. The molecule has 1 aliphatic rings. The number of fused-ring (bicyclic) bond motifs is 1. The van der Waals surface area contributed by atoms with Crippen LogP contribution < -0.4 is 0 Å². The number of carbonyl (C=O) groups is 1. The van der Waals surface area contributed by atoms with E-state index in [0.29, 0.717) is 47.3 Å². The van der Waals surface area contributed by atoms with Gasteiger partial charge < -0.3 is 9.42 Å². The molecule has 5 aromatic heterocycles. The van der Waals surface area contributed by atoms with Crippen LogP contribution >= 0.6 is 0 Å². The Morgan fingerprint density at radius 3 is 2.59 bits per heavy atom. The van der Waals surface area contributed by atoms with Gasteiger partial charge in [0.15, 0.2) is 0 Å². The molecule has 1 fully saturated rings. The predicted molar refractivity (Wildman–Crippen MR) is 124 cm³/mol. The molecular formula is C25H21N7O2. The second-order valence-electron chi connectivity index (χ2n) is 8.19. The smallest absolute Gasteiger partial charge is 0.258 e. The van der Waals surface area contributed by atoms with Gasteiger partial charge in [0.2, 0.25) is 11.7 Å². The van der Waals surface area contributed by atoms with Gasteiger partial charge in [0.1, 0.15) is 11.4 Å². The van der Waals surface area contributed by atoms with Crippen LogP contribution in [0.5, 0.6) is 0 Å². The summed E-state index contributed by atoms with van der Waals surface area (Å²) < 4.78 is 7.23. The molecule has 34 heavy (non-hydrogen) atoms. The van der Waals surface area contributed by atoms with Gasteiger partial charge in [-0.25, -0.2) is 4.52 Å². The fourth-order valence-electron chi connectivity index (χ4n) is 4.49. The van der Waals surface area contributed by atoms with Gasteiger partial charge in [-0.15, -0.1) is 0 Å².